The molecule has 0 amide bonds. The molecular weight excluding hydrogens is 160 g/mol. The van der Waals surface area contributed by atoms with Gasteiger partial charge in [0.2, 0.25) is 0 Å². The normalized spacial score (nSPS) is 32.5. The van der Waals surface area contributed by atoms with Gasteiger partial charge in [0.25, 0.3) is 0 Å². The van der Waals surface area contributed by atoms with Gasteiger partial charge in [0.1, 0.15) is 0 Å². The van der Waals surface area contributed by atoms with E-state index >= 15 is 0 Å². The minimum absolute atomic E-state index is 0.805. The molecule has 1 fully saturated rings. The van der Waals surface area contributed by atoms with Gasteiger partial charge in [-0.3, -0.25) is 0 Å². The molecule has 1 N–H and O–H groups in total. The average Bonchev–Trinajstić information content (AvgIpc) is 2.01. The summed E-state index contributed by atoms with van der Waals surface area (Å²) in [6, 6.07) is 0. The van der Waals surface area contributed by atoms with E-state index in [0.717, 1.165) is 11.8 Å². The molecule has 0 aromatic heterocycles. The first-order chi connectivity index (χ1) is 6.22. The van der Waals surface area contributed by atoms with Crippen LogP contribution < -0.4 is 5.32 Å². The monoisotopic (exact) mass is 184 g/mol. The van der Waals surface area contributed by atoms with Gasteiger partial charge in [-0.05, 0) is 37.9 Å². The predicted octanol–water partition coefficient (Wildman–Crippen LogP) is 1.57. The van der Waals surface area contributed by atoms with Gasteiger partial charge < -0.3 is 10.2 Å². The first-order valence-corrected chi connectivity index (χ1v) is 5.65. The maximum atomic E-state index is 3.52. The SMILES string of the molecule is CCCN1CC(C)CNCC(C)C1. The highest BCUT2D eigenvalue weighted by atomic mass is 15.1. The first-order valence-electron chi connectivity index (χ1n) is 5.65. The summed E-state index contributed by atoms with van der Waals surface area (Å²) in [4.78, 5) is 2.62. The lowest BCUT2D eigenvalue weighted by Crippen LogP contribution is -2.42. The predicted molar refractivity (Wildman–Crippen MR) is 57.9 cm³/mol. The Morgan fingerprint density at radius 2 is 1.69 bits per heavy atom. The molecule has 2 heteroatoms. The fraction of sp³-hybridized carbons (Fsp3) is 1.00. The van der Waals surface area contributed by atoms with E-state index in [2.05, 4.69) is 31.0 Å². The smallest absolute Gasteiger partial charge is 0.00193 e. The van der Waals surface area contributed by atoms with Crippen molar-refractivity contribution in [3.63, 3.8) is 0 Å². The van der Waals surface area contributed by atoms with E-state index in [9.17, 15) is 0 Å². The van der Waals surface area contributed by atoms with Gasteiger partial charge in [-0.15, -0.1) is 0 Å². The van der Waals surface area contributed by atoms with Crippen LogP contribution in [-0.2, 0) is 0 Å². The second-order valence-electron chi connectivity index (χ2n) is 4.63. The summed E-state index contributed by atoms with van der Waals surface area (Å²) in [7, 11) is 0. The number of hydrogen-bond donors (Lipinski definition) is 1. The molecule has 0 aromatic carbocycles. The molecule has 78 valence electrons. The topological polar surface area (TPSA) is 15.3 Å². The summed E-state index contributed by atoms with van der Waals surface area (Å²) < 4.78 is 0. The van der Waals surface area contributed by atoms with Crippen molar-refractivity contribution in [1.82, 2.24) is 10.2 Å². The van der Waals surface area contributed by atoms with E-state index in [4.69, 9.17) is 0 Å². The van der Waals surface area contributed by atoms with Crippen LogP contribution in [0.5, 0.6) is 0 Å². The third-order valence-electron chi connectivity index (χ3n) is 2.67. The molecule has 0 aliphatic carbocycles. The zero-order chi connectivity index (χ0) is 9.68. The molecule has 0 spiro atoms. The van der Waals surface area contributed by atoms with Crippen molar-refractivity contribution in [3.05, 3.63) is 0 Å². The fourth-order valence-electron chi connectivity index (χ4n) is 2.16. The van der Waals surface area contributed by atoms with Gasteiger partial charge in [-0.25, -0.2) is 0 Å². The molecule has 2 nitrogen and oxygen atoms in total. The number of nitrogens with zero attached hydrogens (tertiary/aromatic N) is 1. The molecule has 0 bridgehead atoms. The van der Waals surface area contributed by atoms with Gasteiger partial charge in [0.05, 0.1) is 0 Å². The van der Waals surface area contributed by atoms with Gasteiger partial charge in [0.15, 0.2) is 0 Å². The van der Waals surface area contributed by atoms with E-state index in [1.807, 2.05) is 0 Å². The lowest BCUT2D eigenvalue weighted by atomic mass is 10.1. The van der Waals surface area contributed by atoms with Crippen LogP contribution in [0, 0.1) is 11.8 Å². The molecule has 1 rings (SSSR count). The second kappa shape index (κ2) is 5.61. The van der Waals surface area contributed by atoms with Gasteiger partial charge >= 0.3 is 0 Å². The molecule has 0 aromatic rings. The van der Waals surface area contributed by atoms with Crippen molar-refractivity contribution < 1.29 is 0 Å². The van der Waals surface area contributed by atoms with E-state index < -0.39 is 0 Å². The Balaban J connectivity index is 2.38. The summed E-state index contributed by atoms with van der Waals surface area (Å²) >= 11 is 0. The van der Waals surface area contributed by atoms with Crippen LogP contribution in [0.15, 0.2) is 0 Å². The number of nitrogens with one attached hydrogen (secondary N) is 1. The maximum Gasteiger partial charge on any atom is 0.00193 e. The Hall–Kier alpha value is -0.0800. The molecular formula is C11H24N2. The molecule has 1 saturated heterocycles. The maximum absolute atomic E-state index is 3.52. The van der Waals surface area contributed by atoms with Gasteiger partial charge in [-0.1, -0.05) is 20.8 Å². The summed E-state index contributed by atoms with van der Waals surface area (Å²) in [5.74, 6) is 1.61. The van der Waals surface area contributed by atoms with Gasteiger partial charge in [0, 0.05) is 13.1 Å². The zero-order valence-electron chi connectivity index (χ0n) is 9.34. The number of hydrogen-bond acceptors (Lipinski definition) is 2. The Kier molecular flexibility index (Phi) is 4.74. The summed E-state index contributed by atoms with van der Waals surface area (Å²) in [6.07, 6.45) is 1.28. The van der Waals surface area contributed by atoms with Crippen LogP contribution in [0.1, 0.15) is 27.2 Å². The first kappa shape index (κ1) is 11.0. The van der Waals surface area contributed by atoms with Crippen molar-refractivity contribution in [2.75, 3.05) is 32.7 Å². The highest BCUT2D eigenvalue weighted by molar-refractivity contribution is 4.72. The zero-order valence-corrected chi connectivity index (χ0v) is 9.34. The lowest BCUT2D eigenvalue weighted by Gasteiger charge is -2.31. The van der Waals surface area contributed by atoms with Crippen molar-refractivity contribution >= 4 is 0 Å². The van der Waals surface area contributed by atoms with Crippen LogP contribution in [0.25, 0.3) is 0 Å². The molecule has 2 atom stereocenters. The Morgan fingerprint density at radius 3 is 2.15 bits per heavy atom. The van der Waals surface area contributed by atoms with Crippen molar-refractivity contribution in [1.29, 1.82) is 0 Å². The minimum Gasteiger partial charge on any atom is -0.316 e. The fourth-order valence-corrected chi connectivity index (χ4v) is 2.16. The van der Waals surface area contributed by atoms with E-state index in [1.54, 1.807) is 0 Å². The molecule has 13 heavy (non-hydrogen) atoms. The third kappa shape index (κ3) is 4.10. The molecule has 0 radical (unpaired) electrons. The molecule has 0 saturated carbocycles. The Labute approximate surface area is 82.7 Å². The quantitative estimate of drug-likeness (QED) is 0.701. The van der Waals surface area contributed by atoms with Crippen LogP contribution in [0.2, 0.25) is 0 Å². The molecule has 1 aliphatic rings. The average molecular weight is 184 g/mol. The van der Waals surface area contributed by atoms with Crippen molar-refractivity contribution in [2.24, 2.45) is 11.8 Å². The molecule has 1 aliphatic heterocycles. The highest BCUT2D eigenvalue weighted by Crippen LogP contribution is 2.07. The Morgan fingerprint density at radius 1 is 1.15 bits per heavy atom. The molecule has 2 unspecified atom stereocenters. The standard InChI is InChI=1S/C11H24N2/c1-4-5-13-8-10(2)6-12-7-11(3)9-13/h10-12H,4-9H2,1-3H3. The highest BCUT2D eigenvalue weighted by Gasteiger charge is 2.15. The van der Waals surface area contributed by atoms with E-state index in [-0.39, 0.29) is 0 Å². The van der Waals surface area contributed by atoms with E-state index in [1.165, 1.54) is 39.1 Å². The summed E-state index contributed by atoms with van der Waals surface area (Å²) in [5.41, 5.74) is 0. The largest absolute Gasteiger partial charge is 0.316 e. The minimum atomic E-state index is 0.805. The van der Waals surface area contributed by atoms with E-state index in [0.29, 0.717) is 0 Å². The summed E-state index contributed by atoms with van der Waals surface area (Å²) in [6.45, 7) is 13.1. The second-order valence-corrected chi connectivity index (χ2v) is 4.63. The van der Waals surface area contributed by atoms with Crippen molar-refractivity contribution in [2.45, 2.75) is 27.2 Å². The molecule has 1 heterocycles. The van der Waals surface area contributed by atoms with Crippen LogP contribution in [0.4, 0.5) is 0 Å². The third-order valence-corrected chi connectivity index (χ3v) is 2.67. The van der Waals surface area contributed by atoms with Crippen molar-refractivity contribution in [3.8, 4) is 0 Å². The number of rotatable bonds is 2. The van der Waals surface area contributed by atoms with Crippen LogP contribution in [-0.4, -0.2) is 37.6 Å². The van der Waals surface area contributed by atoms with Crippen LogP contribution in [0.3, 0.4) is 0 Å². The Bertz CT molecular complexity index is 124. The lowest BCUT2D eigenvalue weighted by molar-refractivity contribution is 0.186. The van der Waals surface area contributed by atoms with Gasteiger partial charge in [-0.2, -0.15) is 0 Å². The summed E-state index contributed by atoms with van der Waals surface area (Å²) in [5, 5.41) is 3.52. The van der Waals surface area contributed by atoms with Crippen LogP contribution >= 0.6 is 0 Å².